The molecule has 4 aromatic rings. The molecule has 5 rings (SSSR count). The van der Waals surface area contributed by atoms with Gasteiger partial charge in [-0.05, 0) is 72.3 Å². The Morgan fingerprint density at radius 1 is 0.606 bits per heavy atom. The van der Waals surface area contributed by atoms with E-state index in [4.69, 9.17) is 15.9 Å². The predicted molar refractivity (Wildman–Crippen MR) is 137 cm³/mol. The minimum absolute atomic E-state index is 0.355. The fourth-order valence-electron chi connectivity index (χ4n) is 4.15. The first-order valence-corrected chi connectivity index (χ1v) is 11.2. The molecule has 1 fully saturated rings. The van der Waals surface area contributed by atoms with E-state index in [9.17, 15) is 0 Å². The van der Waals surface area contributed by atoms with E-state index in [1.807, 2.05) is 24.3 Å². The highest BCUT2D eigenvalue weighted by atomic mass is 16.7. The van der Waals surface area contributed by atoms with Crippen LogP contribution in [0.3, 0.4) is 0 Å². The number of fused-ring (bicyclic) bond motifs is 1. The maximum absolute atomic E-state index is 7.11. The van der Waals surface area contributed by atoms with E-state index in [0.717, 1.165) is 16.6 Å². The van der Waals surface area contributed by atoms with E-state index < -0.39 is 0 Å². The van der Waals surface area contributed by atoms with Crippen LogP contribution >= 0.6 is 0 Å². The van der Waals surface area contributed by atoms with Crippen molar-refractivity contribution in [3.05, 3.63) is 96.3 Å². The van der Waals surface area contributed by atoms with Crippen LogP contribution < -0.4 is 5.46 Å². The third-order valence-corrected chi connectivity index (χ3v) is 6.94. The molecule has 0 bridgehead atoms. The van der Waals surface area contributed by atoms with E-state index in [0.29, 0.717) is 5.69 Å². The summed E-state index contributed by atoms with van der Waals surface area (Å²) in [5.41, 5.74) is 5.57. The zero-order chi connectivity index (χ0) is 23.2. The second-order valence-electron chi connectivity index (χ2n) is 9.65. The minimum Gasteiger partial charge on any atom is -0.399 e. The van der Waals surface area contributed by atoms with Crippen molar-refractivity contribution in [2.45, 2.75) is 38.9 Å². The highest BCUT2D eigenvalue weighted by molar-refractivity contribution is 6.62. The number of nitrogens with zero attached hydrogens (tertiary/aromatic N) is 1. The van der Waals surface area contributed by atoms with Crippen molar-refractivity contribution < 1.29 is 9.31 Å². The smallest absolute Gasteiger partial charge is 0.399 e. The zero-order valence-electron chi connectivity index (χ0n) is 19.4. The van der Waals surface area contributed by atoms with Crippen LogP contribution in [0.2, 0.25) is 0 Å². The lowest BCUT2D eigenvalue weighted by Crippen LogP contribution is -2.41. The molecule has 3 nitrogen and oxygen atoms in total. The van der Waals surface area contributed by atoms with Crippen LogP contribution in [0.4, 0.5) is 5.69 Å². The summed E-state index contributed by atoms with van der Waals surface area (Å²) >= 11 is 0. The Bertz CT molecular complexity index is 1350. The van der Waals surface area contributed by atoms with Gasteiger partial charge in [0.15, 0.2) is 5.69 Å². The van der Waals surface area contributed by atoms with Crippen molar-refractivity contribution >= 4 is 29.0 Å². The SMILES string of the molecule is [C-]#[N+]c1ccc(-c2ccc(-c3ccc4ccc(B5OC(C)(C)C(C)(C)O5)cc4c3)cc2)cc1. The minimum atomic E-state index is -0.364. The van der Waals surface area contributed by atoms with Gasteiger partial charge >= 0.3 is 7.12 Å². The van der Waals surface area contributed by atoms with Crippen LogP contribution in [-0.4, -0.2) is 18.3 Å². The van der Waals surface area contributed by atoms with Gasteiger partial charge < -0.3 is 9.31 Å². The molecule has 4 heteroatoms. The Labute approximate surface area is 195 Å². The highest BCUT2D eigenvalue weighted by Crippen LogP contribution is 2.37. The summed E-state index contributed by atoms with van der Waals surface area (Å²) in [6.07, 6.45) is 0. The van der Waals surface area contributed by atoms with Crippen LogP contribution in [0.25, 0.3) is 37.9 Å². The lowest BCUT2D eigenvalue weighted by molar-refractivity contribution is 0.00578. The molecular weight excluding hydrogens is 405 g/mol. The fraction of sp³-hybridized carbons (Fsp3) is 0.207. The summed E-state index contributed by atoms with van der Waals surface area (Å²) in [4.78, 5) is 3.46. The number of rotatable bonds is 3. The third-order valence-electron chi connectivity index (χ3n) is 6.94. The van der Waals surface area contributed by atoms with E-state index in [1.54, 1.807) is 0 Å². The number of benzene rings is 4. The molecular formula is C29H26BNO2. The van der Waals surface area contributed by atoms with Gasteiger partial charge in [-0.2, -0.15) is 0 Å². The fourth-order valence-corrected chi connectivity index (χ4v) is 4.15. The van der Waals surface area contributed by atoms with Crippen LogP contribution in [-0.2, 0) is 9.31 Å². The van der Waals surface area contributed by atoms with Gasteiger partial charge in [-0.3, -0.25) is 0 Å². The summed E-state index contributed by atoms with van der Waals surface area (Å²) in [6, 6.07) is 29.2. The van der Waals surface area contributed by atoms with Crippen molar-refractivity contribution in [2.24, 2.45) is 0 Å². The Hall–Kier alpha value is -3.39. The molecule has 1 saturated heterocycles. The van der Waals surface area contributed by atoms with Gasteiger partial charge in [-0.25, -0.2) is 4.85 Å². The molecule has 4 aromatic carbocycles. The Morgan fingerprint density at radius 3 is 1.67 bits per heavy atom. The molecule has 1 aliphatic rings. The second kappa shape index (κ2) is 7.88. The monoisotopic (exact) mass is 431 g/mol. The Balaban J connectivity index is 1.43. The molecule has 33 heavy (non-hydrogen) atoms. The van der Waals surface area contributed by atoms with Gasteiger partial charge in [0.2, 0.25) is 0 Å². The molecule has 0 unspecified atom stereocenters. The van der Waals surface area contributed by atoms with Gasteiger partial charge in [0.1, 0.15) is 0 Å². The summed E-state index contributed by atoms with van der Waals surface area (Å²) < 4.78 is 12.5. The van der Waals surface area contributed by atoms with E-state index in [2.05, 4.69) is 93.2 Å². The van der Waals surface area contributed by atoms with Crippen molar-refractivity contribution in [1.29, 1.82) is 0 Å². The number of hydrogen-bond donors (Lipinski definition) is 0. The average Bonchev–Trinajstić information content (AvgIpc) is 3.05. The maximum atomic E-state index is 7.11. The molecule has 0 spiro atoms. The topological polar surface area (TPSA) is 22.8 Å². The summed E-state index contributed by atoms with van der Waals surface area (Å²) in [5, 5.41) is 2.36. The molecule has 0 saturated carbocycles. The molecule has 0 N–H and O–H groups in total. The molecule has 0 radical (unpaired) electrons. The van der Waals surface area contributed by atoms with E-state index in [-0.39, 0.29) is 18.3 Å². The van der Waals surface area contributed by atoms with Crippen LogP contribution in [0.15, 0.2) is 84.9 Å². The molecule has 1 heterocycles. The van der Waals surface area contributed by atoms with Crippen LogP contribution in [0.1, 0.15) is 27.7 Å². The predicted octanol–water partition coefficient (Wildman–Crippen LogP) is 7.02. The van der Waals surface area contributed by atoms with Crippen molar-refractivity contribution in [3.63, 3.8) is 0 Å². The standard InChI is InChI=1S/C29H26BNO2/c1-28(2)29(3,4)33-30(32-28)26-15-12-23-10-11-24(18-25(23)19-26)22-8-6-20(7-9-22)21-13-16-27(31-5)17-14-21/h6-19H,1-4H3. The highest BCUT2D eigenvalue weighted by Gasteiger charge is 2.51. The molecule has 162 valence electrons. The van der Waals surface area contributed by atoms with Crippen LogP contribution in [0.5, 0.6) is 0 Å². The summed E-state index contributed by atoms with van der Waals surface area (Å²) in [6.45, 7) is 15.4. The van der Waals surface area contributed by atoms with Gasteiger partial charge in [0, 0.05) is 0 Å². The lowest BCUT2D eigenvalue weighted by Gasteiger charge is -2.32. The maximum Gasteiger partial charge on any atom is 0.494 e. The van der Waals surface area contributed by atoms with Gasteiger partial charge in [-0.15, -0.1) is 0 Å². The Kier molecular flexibility index (Phi) is 5.13. The van der Waals surface area contributed by atoms with Crippen molar-refractivity contribution in [2.75, 3.05) is 0 Å². The normalized spacial score (nSPS) is 16.6. The van der Waals surface area contributed by atoms with E-state index in [1.165, 1.54) is 21.9 Å². The first-order chi connectivity index (χ1) is 15.8. The largest absolute Gasteiger partial charge is 0.494 e. The lowest BCUT2D eigenvalue weighted by atomic mass is 9.78. The molecule has 0 aliphatic carbocycles. The van der Waals surface area contributed by atoms with Gasteiger partial charge in [0.05, 0.1) is 17.8 Å². The van der Waals surface area contributed by atoms with Crippen molar-refractivity contribution in [1.82, 2.24) is 0 Å². The van der Waals surface area contributed by atoms with Crippen molar-refractivity contribution in [3.8, 4) is 22.3 Å². The molecule has 1 aliphatic heterocycles. The molecule has 0 aromatic heterocycles. The Morgan fingerprint density at radius 2 is 1.09 bits per heavy atom. The van der Waals surface area contributed by atoms with Crippen LogP contribution in [0, 0.1) is 6.57 Å². The first-order valence-electron chi connectivity index (χ1n) is 11.2. The second-order valence-corrected chi connectivity index (χ2v) is 9.65. The molecule has 0 atom stereocenters. The van der Waals surface area contributed by atoms with Gasteiger partial charge in [0.25, 0.3) is 0 Å². The summed E-state index contributed by atoms with van der Waals surface area (Å²) in [7, 11) is -0.364. The number of hydrogen-bond acceptors (Lipinski definition) is 2. The summed E-state index contributed by atoms with van der Waals surface area (Å²) in [5.74, 6) is 0. The van der Waals surface area contributed by atoms with Gasteiger partial charge in [-0.1, -0.05) is 78.9 Å². The zero-order valence-corrected chi connectivity index (χ0v) is 19.4. The average molecular weight is 431 g/mol. The first kappa shape index (κ1) is 21.5. The molecule has 0 amide bonds. The van der Waals surface area contributed by atoms with E-state index >= 15 is 0 Å². The quantitative estimate of drug-likeness (QED) is 0.257. The third kappa shape index (κ3) is 3.95.